The molecular weight excluding hydrogens is 428 g/mol. The average Bonchev–Trinajstić information content (AvgIpc) is 3.13. The molecule has 1 aromatic carbocycles. The van der Waals surface area contributed by atoms with Crippen molar-refractivity contribution in [2.45, 2.75) is 24.4 Å². The maximum absolute atomic E-state index is 13.2. The Balaban J connectivity index is 2.65. The molecule has 11 heteroatoms. The van der Waals surface area contributed by atoms with Gasteiger partial charge in [0.2, 0.25) is 10.0 Å². The van der Waals surface area contributed by atoms with Gasteiger partial charge in [-0.3, -0.25) is 0 Å². The standard InChI is InChI=1S/C19H18F4N2O4S/c1-3-12(4-7-14(28-2)10-11-20)17-16(25-18(29-17)19(21,22)23)13-5-8-15(9-6-13)30(24,26)27/h4-11H,3H2,1-2H3,(H2,24,26,27)/b11-10+,12-4+,14-7+. The van der Waals surface area contributed by atoms with Crippen LogP contribution in [-0.2, 0) is 20.9 Å². The number of oxazole rings is 1. The number of aromatic nitrogens is 1. The number of nitrogens with zero attached hydrogens (tertiary/aromatic N) is 1. The van der Waals surface area contributed by atoms with E-state index < -0.39 is 22.1 Å². The van der Waals surface area contributed by atoms with Crippen LogP contribution >= 0.6 is 0 Å². The molecule has 0 atom stereocenters. The number of allylic oxidation sites excluding steroid dienone is 4. The molecule has 0 unspecified atom stereocenters. The van der Waals surface area contributed by atoms with Gasteiger partial charge in [0.1, 0.15) is 11.5 Å². The van der Waals surface area contributed by atoms with Crippen LogP contribution in [0.3, 0.4) is 0 Å². The topological polar surface area (TPSA) is 95.4 Å². The van der Waals surface area contributed by atoms with Gasteiger partial charge in [0, 0.05) is 11.6 Å². The summed E-state index contributed by atoms with van der Waals surface area (Å²) < 4.78 is 84.7. The molecule has 30 heavy (non-hydrogen) atoms. The molecular formula is C19H18F4N2O4S. The van der Waals surface area contributed by atoms with Crippen LogP contribution in [0.1, 0.15) is 25.0 Å². The van der Waals surface area contributed by atoms with Gasteiger partial charge in [0.05, 0.1) is 18.3 Å². The molecule has 2 N–H and O–H groups in total. The Morgan fingerprint density at radius 1 is 1.23 bits per heavy atom. The van der Waals surface area contributed by atoms with E-state index in [1.165, 1.54) is 31.4 Å². The number of ether oxygens (including phenoxy) is 1. The molecule has 0 spiro atoms. The zero-order chi connectivity index (χ0) is 22.5. The second kappa shape index (κ2) is 9.26. The zero-order valence-corrected chi connectivity index (χ0v) is 16.7. The molecule has 0 amide bonds. The summed E-state index contributed by atoms with van der Waals surface area (Å²) in [7, 11) is -2.67. The van der Waals surface area contributed by atoms with Gasteiger partial charge in [-0.05, 0) is 30.2 Å². The van der Waals surface area contributed by atoms with E-state index in [0.29, 0.717) is 5.57 Å². The summed E-state index contributed by atoms with van der Waals surface area (Å²) in [6, 6.07) is 4.86. The second-order valence-corrected chi connectivity index (χ2v) is 7.44. The molecule has 2 rings (SSSR count). The third-order valence-corrected chi connectivity index (χ3v) is 4.84. The van der Waals surface area contributed by atoms with E-state index in [4.69, 9.17) is 14.3 Å². The number of halogens is 4. The minimum atomic E-state index is -4.84. The van der Waals surface area contributed by atoms with Crippen LogP contribution in [0.5, 0.6) is 0 Å². The molecule has 0 saturated heterocycles. The van der Waals surface area contributed by atoms with Crippen molar-refractivity contribution in [2.75, 3.05) is 7.11 Å². The Bertz CT molecular complexity index is 1080. The quantitative estimate of drug-likeness (QED) is 0.374. The highest BCUT2D eigenvalue weighted by Gasteiger charge is 2.39. The van der Waals surface area contributed by atoms with E-state index in [2.05, 4.69) is 4.98 Å². The summed E-state index contributed by atoms with van der Waals surface area (Å²) in [6.45, 7) is 1.68. The predicted octanol–water partition coefficient (Wildman–Crippen LogP) is 4.81. The highest BCUT2D eigenvalue weighted by Crippen LogP contribution is 2.37. The van der Waals surface area contributed by atoms with Gasteiger partial charge in [-0.1, -0.05) is 25.1 Å². The number of nitrogens with two attached hydrogens (primary N) is 1. The fraction of sp³-hybridized carbons (Fsp3) is 0.211. The van der Waals surface area contributed by atoms with Gasteiger partial charge in [0.15, 0.2) is 5.76 Å². The Labute approximate surface area is 170 Å². The molecule has 1 aromatic heterocycles. The molecule has 0 bridgehead atoms. The van der Waals surface area contributed by atoms with Crippen molar-refractivity contribution in [3.05, 3.63) is 66.2 Å². The molecule has 2 aromatic rings. The molecule has 6 nitrogen and oxygen atoms in total. The lowest BCUT2D eigenvalue weighted by molar-refractivity contribution is -0.157. The van der Waals surface area contributed by atoms with Crippen LogP contribution in [0.2, 0.25) is 0 Å². The average molecular weight is 446 g/mol. The smallest absolute Gasteiger partial charge is 0.468 e. The predicted molar refractivity (Wildman–Crippen MR) is 102 cm³/mol. The summed E-state index contributed by atoms with van der Waals surface area (Å²) in [5.41, 5.74) is 0.380. The van der Waals surface area contributed by atoms with E-state index in [1.807, 2.05) is 0 Å². The van der Waals surface area contributed by atoms with Crippen LogP contribution in [0.15, 0.2) is 63.9 Å². The third kappa shape index (κ3) is 5.57. The highest BCUT2D eigenvalue weighted by atomic mass is 32.2. The number of primary sulfonamides is 1. The van der Waals surface area contributed by atoms with E-state index in [0.717, 1.165) is 18.2 Å². The molecule has 0 aliphatic heterocycles. The number of sulfonamides is 1. The van der Waals surface area contributed by atoms with Crippen LogP contribution in [0, 0.1) is 0 Å². The normalized spacial score (nSPS) is 13.8. The largest absolute Gasteiger partial charge is 0.497 e. The molecule has 0 saturated carbocycles. The number of alkyl halides is 3. The van der Waals surface area contributed by atoms with Crippen molar-refractivity contribution in [1.29, 1.82) is 0 Å². The third-order valence-electron chi connectivity index (χ3n) is 3.91. The SMILES string of the molecule is CC\C(=C/C=C(\C=C\F)OC)c1oc(C(F)(F)F)nc1-c1ccc(S(N)(=O)=O)cc1. The van der Waals surface area contributed by atoms with Crippen molar-refractivity contribution in [3.63, 3.8) is 0 Å². The van der Waals surface area contributed by atoms with Crippen LogP contribution in [0.4, 0.5) is 17.6 Å². The van der Waals surface area contributed by atoms with Crippen LogP contribution < -0.4 is 5.14 Å². The first-order chi connectivity index (χ1) is 14.0. The first-order valence-electron chi connectivity index (χ1n) is 8.44. The van der Waals surface area contributed by atoms with Gasteiger partial charge in [-0.25, -0.2) is 22.9 Å². The van der Waals surface area contributed by atoms with Crippen molar-refractivity contribution >= 4 is 15.6 Å². The Morgan fingerprint density at radius 3 is 2.33 bits per heavy atom. The van der Waals surface area contributed by atoms with Crippen molar-refractivity contribution in [2.24, 2.45) is 5.14 Å². The minimum absolute atomic E-state index is 0.123. The Hall–Kier alpha value is -2.92. The fourth-order valence-electron chi connectivity index (χ4n) is 2.45. The Morgan fingerprint density at radius 2 is 1.87 bits per heavy atom. The summed E-state index contributed by atoms with van der Waals surface area (Å²) >= 11 is 0. The Kier molecular flexibility index (Phi) is 7.21. The summed E-state index contributed by atoms with van der Waals surface area (Å²) in [4.78, 5) is 3.35. The number of methoxy groups -OCH3 is 1. The zero-order valence-electron chi connectivity index (χ0n) is 15.9. The van der Waals surface area contributed by atoms with Crippen molar-refractivity contribution < 1.29 is 35.1 Å². The van der Waals surface area contributed by atoms with E-state index in [-0.39, 0.29) is 40.4 Å². The maximum Gasteiger partial charge on any atom is 0.468 e. The maximum atomic E-state index is 13.2. The minimum Gasteiger partial charge on any atom is -0.497 e. The summed E-state index contributed by atoms with van der Waals surface area (Å²) in [5, 5.41) is 5.04. The van der Waals surface area contributed by atoms with Crippen molar-refractivity contribution in [3.8, 4) is 11.3 Å². The van der Waals surface area contributed by atoms with Gasteiger partial charge in [0.25, 0.3) is 0 Å². The first kappa shape index (κ1) is 23.4. The lowest BCUT2D eigenvalue weighted by atomic mass is 10.0. The first-order valence-corrected chi connectivity index (χ1v) is 9.99. The summed E-state index contributed by atoms with van der Waals surface area (Å²) in [6.07, 6.45) is -0.527. The van der Waals surface area contributed by atoms with Crippen LogP contribution in [0.25, 0.3) is 16.8 Å². The lowest BCUT2D eigenvalue weighted by Gasteiger charge is -2.05. The monoisotopic (exact) mass is 446 g/mol. The molecule has 0 radical (unpaired) electrons. The molecule has 0 fully saturated rings. The fourth-order valence-corrected chi connectivity index (χ4v) is 2.96. The number of hydrogen-bond donors (Lipinski definition) is 1. The number of hydrogen-bond acceptors (Lipinski definition) is 5. The van der Waals surface area contributed by atoms with Crippen molar-refractivity contribution in [1.82, 2.24) is 4.98 Å². The van der Waals surface area contributed by atoms with E-state index >= 15 is 0 Å². The van der Waals surface area contributed by atoms with Crippen LogP contribution in [-0.4, -0.2) is 20.5 Å². The molecule has 162 valence electrons. The van der Waals surface area contributed by atoms with Gasteiger partial charge in [-0.2, -0.15) is 13.2 Å². The summed E-state index contributed by atoms with van der Waals surface area (Å²) in [5.74, 6) is -1.50. The van der Waals surface area contributed by atoms with E-state index in [9.17, 15) is 26.0 Å². The highest BCUT2D eigenvalue weighted by molar-refractivity contribution is 7.89. The van der Waals surface area contributed by atoms with Gasteiger partial charge >= 0.3 is 12.1 Å². The lowest BCUT2D eigenvalue weighted by Crippen LogP contribution is -2.11. The van der Waals surface area contributed by atoms with Gasteiger partial charge < -0.3 is 9.15 Å². The molecule has 0 aliphatic carbocycles. The number of rotatable bonds is 7. The second-order valence-electron chi connectivity index (χ2n) is 5.88. The van der Waals surface area contributed by atoms with Gasteiger partial charge in [-0.15, -0.1) is 0 Å². The molecule has 1 heterocycles. The number of benzene rings is 1. The molecule has 0 aliphatic rings. The van der Waals surface area contributed by atoms with E-state index in [1.54, 1.807) is 6.92 Å².